The molecule has 0 radical (unpaired) electrons. The van der Waals surface area contributed by atoms with Crippen molar-refractivity contribution >= 4 is 17.1 Å². The van der Waals surface area contributed by atoms with E-state index in [1.54, 1.807) is 23.6 Å². The molecule has 102 valence electrons. The van der Waals surface area contributed by atoms with Gasteiger partial charge in [-0.05, 0) is 0 Å². The van der Waals surface area contributed by atoms with Crippen LogP contribution in [0.5, 0.6) is 0 Å². The van der Waals surface area contributed by atoms with Crippen molar-refractivity contribution in [2.24, 2.45) is 14.1 Å². The van der Waals surface area contributed by atoms with Crippen molar-refractivity contribution in [1.82, 2.24) is 18.7 Å². The predicted molar refractivity (Wildman–Crippen MR) is 74.7 cm³/mol. The molecule has 19 heavy (non-hydrogen) atoms. The summed E-state index contributed by atoms with van der Waals surface area (Å²) in [5.74, 6) is 0.624. The number of hydrogen-bond acceptors (Lipinski definition) is 4. The zero-order chi connectivity index (χ0) is 14.3. The summed E-state index contributed by atoms with van der Waals surface area (Å²) in [6.45, 7) is 3.75. The number of fused-ring (bicyclic) bond motifs is 1. The zero-order valence-corrected chi connectivity index (χ0v) is 11.5. The van der Waals surface area contributed by atoms with E-state index in [4.69, 9.17) is 0 Å². The first-order chi connectivity index (χ1) is 8.90. The number of aromatic nitrogens is 4. The van der Waals surface area contributed by atoms with Crippen LogP contribution in [0.15, 0.2) is 22.2 Å². The van der Waals surface area contributed by atoms with Crippen LogP contribution in [0.4, 0.5) is 5.95 Å². The van der Waals surface area contributed by atoms with Gasteiger partial charge in [-0.25, -0.2) is 4.79 Å². The van der Waals surface area contributed by atoms with Crippen molar-refractivity contribution in [1.29, 1.82) is 0 Å². The van der Waals surface area contributed by atoms with E-state index in [1.165, 1.54) is 10.6 Å². The Hall–Kier alpha value is -2.31. The van der Waals surface area contributed by atoms with E-state index in [9.17, 15) is 9.59 Å². The molecule has 0 N–H and O–H groups in total. The highest BCUT2D eigenvalue weighted by Gasteiger charge is 2.18. The summed E-state index contributed by atoms with van der Waals surface area (Å²) < 4.78 is 4.22. The Morgan fingerprint density at radius 2 is 1.89 bits per heavy atom. The van der Waals surface area contributed by atoms with Gasteiger partial charge in [-0.2, -0.15) is 4.98 Å². The Balaban J connectivity index is 3.00. The first-order valence-electron chi connectivity index (χ1n) is 5.84. The van der Waals surface area contributed by atoms with E-state index >= 15 is 0 Å². The van der Waals surface area contributed by atoms with E-state index in [0.29, 0.717) is 17.1 Å². The van der Waals surface area contributed by atoms with Gasteiger partial charge in [0.05, 0.1) is 0 Å². The van der Waals surface area contributed by atoms with Gasteiger partial charge in [0.15, 0.2) is 11.2 Å². The molecule has 2 rings (SSSR count). The maximum Gasteiger partial charge on any atom is 0.332 e. The molecule has 0 aliphatic carbocycles. The average molecular weight is 263 g/mol. The first-order valence-corrected chi connectivity index (χ1v) is 5.84. The van der Waals surface area contributed by atoms with Gasteiger partial charge >= 0.3 is 5.69 Å². The fraction of sp³-hybridized carbons (Fsp3) is 0.417. The van der Waals surface area contributed by atoms with E-state index < -0.39 is 0 Å². The minimum Gasteiger partial charge on any atom is -0.348 e. The molecule has 0 saturated carbocycles. The van der Waals surface area contributed by atoms with Crippen molar-refractivity contribution in [3.05, 3.63) is 33.5 Å². The van der Waals surface area contributed by atoms with Crippen LogP contribution >= 0.6 is 0 Å². The normalized spacial score (nSPS) is 10.9. The molecule has 2 heterocycles. The quantitative estimate of drug-likeness (QED) is 0.712. The monoisotopic (exact) mass is 263 g/mol. The Morgan fingerprint density at radius 3 is 2.42 bits per heavy atom. The average Bonchev–Trinajstić information content (AvgIpc) is 2.70. The summed E-state index contributed by atoms with van der Waals surface area (Å²) in [6, 6.07) is 0. The van der Waals surface area contributed by atoms with Gasteiger partial charge in [0.1, 0.15) is 0 Å². The van der Waals surface area contributed by atoms with Crippen LogP contribution in [-0.2, 0) is 20.6 Å². The number of rotatable bonds is 3. The highest BCUT2D eigenvalue weighted by molar-refractivity contribution is 5.74. The highest BCUT2D eigenvalue weighted by atomic mass is 16.2. The van der Waals surface area contributed by atoms with Crippen molar-refractivity contribution in [3.63, 3.8) is 0 Å². The van der Waals surface area contributed by atoms with E-state index in [0.717, 1.165) is 4.57 Å². The summed E-state index contributed by atoms with van der Waals surface area (Å²) in [5.41, 5.74) is 0.0658. The summed E-state index contributed by atoms with van der Waals surface area (Å²) in [6.07, 6.45) is 1.53. The third-order valence-electron chi connectivity index (χ3n) is 3.05. The Kier molecular flexibility index (Phi) is 3.05. The lowest BCUT2D eigenvalue weighted by molar-refractivity contribution is 0.665. The van der Waals surface area contributed by atoms with Crippen LogP contribution < -0.4 is 16.1 Å². The summed E-state index contributed by atoms with van der Waals surface area (Å²) in [4.78, 5) is 30.6. The van der Waals surface area contributed by atoms with Crippen LogP contribution in [0.1, 0.15) is 0 Å². The number of aryl methyl sites for hydroxylation is 2. The topological polar surface area (TPSA) is 65.1 Å². The summed E-state index contributed by atoms with van der Waals surface area (Å²) in [7, 11) is 7.04. The van der Waals surface area contributed by atoms with Crippen molar-refractivity contribution in [2.45, 2.75) is 6.54 Å². The van der Waals surface area contributed by atoms with Crippen molar-refractivity contribution < 1.29 is 0 Å². The SMILES string of the molecule is C=CCn1c(=O)c2c(nc(N(C)C)n2C)n(C)c1=O. The molecule has 0 spiro atoms. The molecule has 0 amide bonds. The first kappa shape index (κ1) is 13.1. The number of anilines is 1. The molecular weight excluding hydrogens is 246 g/mol. The van der Waals surface area contributed by atoms with Crippen LogP contribution in [-0.4, -0.2) is 32.8 Å². The fourth-order valence-corrected chi connectivity index (χ4v) is 2.12. The van der Waals surface area contributed by atoms with E-state index in [2.05, 4.69) is 11.6 Å². The zero-order valence-electron chi connectivity index (χ0n) is 11.5. The highest BCUT2D eigenvalue weighted by Crippen LogP contribution is 2.15. The lowest BCUT2D eigenvalue weighted by atomic mass is 10.5. The molecule has 7 heteroatoms. The molecule has 0 atom stereocenters. The van der Waals surface area contributed by atoms with Crippen LogP contribution in [0, 0.1) is 0 Å². The molecule has 7 nitrogen and oxygen atoms in total. The number of allylic oxidation sites excluding steroid dienone is 1. The molecule has 0 fully saturated rings. The van der Waals surface area contributed by atoms with Crippen LogP contribution in [0.25, 0.3) is 11.2 Å². The Morgan fingerprint density at radius 1 is 1.26 bits per heavy atom. The Bertz CT molecular complexity index is 763. The molecule has 0 saturated heterocycles. The molecule has 2 aromatic heterocycles. The summed E-state index contributed by atoms with van der Waals surface area (Å²) in [5, 5.41) is 0. The standard InChI is InChI=1S/C12H17N5O2/c1-6-7-17-10(18)8-9(16(5)12(17)19)13-11(14(2)3)15(8)4/h6H,1,7H2,2-5H3. The maximum absolute atomic E-state index is 12.4. The lowest BCUT2D eigenvalue weighted by Gasteiger charge is -2.10. The lowest BCUT2D eigenvalue weighted by Crippen LogP contribution is -2.39. The predicted octanol–water partition coefficient (Wildman–Crippen LogP) is -0.314. The molecule has 0 aliphatic rings. The molecule has 0 unspecified atom stereocenters. The largest absolute Gasteiger partial charge is 0.348 e. The third-order valence-corrected chi connectivity index (χ3v) is 3.05. The van der Waals surface area contributed by atoms with Gasteiger partial charge in [0.25, 0.3) is 5.56 Å². The summed E-state index contributed by atoms with van der Waals surface area (Å²) >= 11 is 0. The minimum absolute atomic E-state index is 0.184. The number of imidazole rings is 1. The van der Waals surface area contributed by atoms with Crippen LogP contribution in [0.3, 0.4) is 0 Å². The van der Waals surface area contributed by atoms with Gasteiger partial charge in [-0.1, -0.05) is 6.08 Å². The van der Waals surface area contributed by atoms with Crippen LogP contribution in [0.2, 0.25) is 0 Å². The van der Waals surface area contributed by atoms with Gasteiger partial charge in [-0.15, -0.1) is 6.58 Å². The maximum atomic E-state index is 12.4. The third kappa shape index (κ3) is 1.78. The van der Waals surface area contributed by atoms with Crippen molar-refractivity contribution in [3.8, 4) is 0 Å². The van der Waals surface area contributed by atoms with Crippen molar-refractivity contribution in [2.75, 3.05) is 19.0 Å². The van der Waals surface area contributed by atoms with Gasteiger partial charge in [-0.3, -0.25) is 13.9 Å². The minimum atomic E-state index is -0.388. The van der Waals surface area contributed by atoms with E-state index in [1.807, 2.05) is 14.1 Å². The molecular formula is C12H17N5O2. The second kappa shape index (κ2) is 4.42. The number of nitrogens with zero attached hydrogens (tertiary/aromatic N) is 5. The number of hydrogen-bond donors (Lipinski definition) is 0. The second-order valence-electron chi connectivity index (χ2n) is 4.58. The fourth-order valence-electron chi connectivity index (χ4n) is 2.12. The molecule has 2 aromatic rings. The van der Waals surface area contributed by atoms with Gasteiger partial charge in [0, 0.05) is 34.7 Å². The Labute approximate surface area is 110 Å². The smallest absolute Gasteiger partial charge is 0.332 e. The van der Waals surface area contributed by atoms with E-state index in [-0.39, 0.29) is 17.8 Å². The molecule has 0 aliphatic heterocycles. The van der Waals surface area contributed by atoms with Gasteiger partial charge in [0.2, 0.25) is 5.95 Å². The van der Waals surface area contributed by atoms with Gasteiger partial charge < -0.3 is 9.47 Å². The second-order valence-corrected chi connectivity index (χ2v) is 4.58. The molecule has 0 bridgehead atoms. The molecule has 0 aromatic carbocycles.